The second kappa shape index (κ2) is 4.10. The molecular formula is C11H19NO3. The van der Waals surface area contributed by atoms with Gasteiger partial charge < -0.3 is 9.47 Å². The van der Waals surface area contributed by atoms with Crippen LogP contribution in [0.4, 0.5) is 0 Å². The summed E-state index contributed by atoms with van der Waals surface area (Å²) in [5.41, 5.74) is 0.0205. The van der Waals surface area contributed by atoms with Crippen molar-refractivity contribution in [3.05, 3.63) is 0 Å². The van der Waals surface area contributed by atoms with E-state index in [9.17, 15) is 4.79 Å². The van der Waals surface area contributed by atoms with Crippen LogP contribution in [-0.4, -0.2) is 49.8 Å². The van der Waals surface area contributed by atoms with Crippen molar-refractivity contribution in [1.82, 2.24) is 4.90 Å². The van der Waals surface area contributed by atoms with Gasteiger partial charge in [-0.2, -0.15) is 0 Å². The number of ether oxygens (including phenoxy) is 2. The lowest BCUT2D eigenvalue weighted by molar-refractivity contribution is -0.159. The summed E-state index contributed by atoms with van der Waals surface area (Å²) in [4.78, 5) is 13.6. The van der Waals surface area contributed by atoms with Crippen LogP contribution in [0.25, 0.3) is 0 Å². The van der Waals surface area contributed by atoms with E-state index in [-0.39, 0.29) is 17.6 Å². The van der Waals surface area contributed by atoms with Gasteiger partial charge in [0.25, 0.3) is 0 Å². The number of likely N-dealkylation sites (tertiary alicyclic amines) is 1. The first kappa shape index (κ1) is 10.9. The molecule has 0 aromatic rings. The highest BCUT2D eigenvalue weighted by atomic mass is 16.5. The lowest BCUT2D eigenvalue weighted by atomic mass is 9.78. The van der Waals surface area contributed by atoms with E-state index < -0.39 is 0 Å². The first-order valence-electron chi connectivity index (χ1n) is 5.58. The van der Waals surface area contributed by atoms with E-state index in [0.717, 1.165) is 32.4 Å². The van der Waals surface area contributed by atoms with Crippen molar-refractivity contribution in [3.63, 3.8) is 0 Å². The van der Waals surface area contributed by atoms with E-state index in [1.165, 1.54) is 13.5 Å². The molecule has 0 N–H and O–H groups in total. The predicted molar refractivity (Wildman–Crippen MR) is 55.6 cm³/mol. The number of esters is 1. The minimum Gasteiger partial charge on any atom is -0.468 e. The van der Waals surface area contributed by atoms with Crippen LogP contribution in [0.5, 0.6) is 0 Å². The Morgan fingerprint density at radius 2 is 2.20 bits per heavy atom. The molecule has 4 nitrogen and oxygen atoms in total. The Morgan fingerprint density at radius 1 is 1.47 bits per heavy atom. The van der Waals surface area contributed by atoms with Crippen molar-refractivity contribution in [1.29, 1.82) is 0 Å². The molecule has 0 aromatic heterocycles. The quantitative estimate of drug-likeness (QED) is 0.648. The van der Waals surface area contributed by atoms with E-state index in [1.807, 2.05) is 0 Å². The zero-order valence-corrected chi connectivity index (χ0v) is 9.49. The molecule has 15 heavy (non-hydrogen) atoms. The van der Waals surface area contributed by atoms with Crippen LogP contribution in [-0.2, 0) is 14.3 Å². The summed E-state index contributed by atoms with van der Waals surface area (Å²) in [7, 11) is 3.22. The number of carbonyl (C=O) groups is 1. The molecule has 0 amide bonds. The number of rotatable bonds is 4. The highest BCUT2D eigenvalue weighted by Gasteiger charge is 2.44. The number of methoxy groups -OCH3 is 2. The predicted octanol–water partition coefficient (Wildman–Crippen LogP) is 0.803. The van der Waals surface area contributed by atoms with E-state index in [0.29, 0.717) is 0 Å². The van der Waals surface area contributed by atoms with Crippen molar-refractivity contribution in [3.8, 4) is 0 Å². The Bertz CT molecular complexity index is 245. The standard InChI is InChI=1S/C11H19NO3/c1-14-10(13)9-4-7-12(9)8-11(15-2)5-3-6-11/h9H,3-8H2,1-2H3. The van der Waals surface area contributed by atoms with Crippen molar-refractivity contribution in [2.24, 2.45) is 0 Å². The van der Waals surface area contributed by atoms with Gasteiger partial charge in [0.05, 0.1) is 12.7 Å². The average Bonchev–Trinajstić information content (AvgIpc) is 2.15. The zero-order chi connectivity index (χ0) is 10.9. The second-order valence-electron chi connectivity index (χ2n) is 4.54. The Kier molecular flexibility index (Phi) is 2.98. The van der Waals surface area contributed by atoms with Gasteiger partial charge in [0.15, 0.2) is 0 Å². The van der Waals surface area contributed by atoms with E-state index >= 15 is 0 Å². The summed E-state index contributed by atoms with van der Waals surface area (Å²) in [6, 6.07) is -0.0253. The van der Waals surface area contributed by atoms with Gasteiger partial charge in [-0.05, 0) is 25.7 Å². The van der Waals surface area contributed by atoms with Gasteiger partial charge in [-0.3, -0.25) is 9.69 Å². The van der Waals surface area contributed by atoms with Crippen LogP contribution in [0.15, 0.2) is 0 Å². The fourth-order valence-electron chi connectivity index (χ4n) is 2.40. The van der Waals surface area contributed by atoms with E-state index in [1.54, 1.807) is 7.11 Å². The molecule has 1 heterocycles. The molecular weight excluding hydrogens is 194 g/mol. The molecule has 1 aliphatic carbocycles. The van der Waals surface area contributed by atoms with Crippen molar-refractivity contribution < 1.29 is 14.3 Å². The maximum atomic E-state index is 11.4. The van der Waals surface area contributed by atoms with Crippen molar-refractivity contribution >= 4 is 5.97 Å². The van der Waals surface area contributed by atoms with Gasteiger partial charge >= 0.3 is 5.97 Å². The third kappa shape index (κ3) is 1.88. The molecule has 2 rings (SSSR count). The number of nitrogens with zero attached hydrogens (tertiary/aromatic N) is 1. The molecule has 0 radical (unpaired) electrons. The molecule has 2 fully saturated rings. The van der Waals surface area contributed by atoms with Gasteiger partial charge in [-0.1, -0.05) is 0 Å². The molecule has 0 bridgehead atoms. The largest absolute Gasteiger partial charge is 0.468 e. The topological polar surface area (TPSA) is 38.8 Å². The normalized spacial score (nSPS) is 29.1. The van der Waals surface area contributed by atoms with Crippen LogP contribution in [0.3, 0.4) is 0 Å². The smallest absolute Gasteiger partial charge is 0.323 e. The minimum atomic E-state index is -0.105. The first-order valence-corrected chi connectivity index (χ1v) is 5.58. The summed E-state index contributed by atoms with van der Waals surface area (Å²) in [5, 5.41) is 0. The molecule has 4 heteroatoms. The Labute approximate surface area is 90.5 Å². The first-order chi connectivity index (χ1) is 7.21. The maximum Gasteiger partial charge on any atom is 0.323 e. The highest BCUT2D eigenvalue weighted by molar-refractivity contribution is 5.76. The second-order valence-corrected chi connectivity index (χ2v) is 4.54. The molecule has 2 aliphatic rings. The SMILES string of the molecule is COC(=O)C1CCN1CC1(OC)CCC1. The van der Waals surface area contributed by atoms with Gasteiger partial charge in [0.1, 0.15) is 6.04 Å². The third-order valence-corrected chi connectivity index (χ3v) is 3.79. The van der Waals surface area contributed by atoms with Crippen molar-refractivity contribution in [2.75, 3.05) is 27.3 Å². The molecule has 1 saturated heterocycles. The summed E-state index contributed by atoms with van der Waals surface area (Å²) >= 11 is 0. The summed E-state index contributed by atoms with van der Waals surface area (Å²) in [6.07, 6.45) is 4.40. The monoisotopic (exact) mass is 213 g/mol. The van der Waals surface area contributed by atoms with Gasteiger partial charge in [-0.15, -0.1) is 0 Å². The van der Waals surface area contributed by atoms with Crippen molar-refractivity contribution in [2.45, 2.75) is 37.3 Å². The molecule has 1 atom stereocenters. The fourth-order valence-corrected chi connectivity index (χ4v) is 2.40. The Balaban J connectivity index is 1.87. The van der Waals surface area contributed by atoms with E-state index in [2.05, 4.69) is 4.90 Å². The van der Waals surface area contributed by atoms with Gasteiger partial charge in [0.2, 0.25) is 0 Å². The molecule has 0 aromatic carbocycles. The summed E-state index contributed by atoms with van der Waals surface area (Å²) in [6.45, 7) is 1.87. The fraction of sp³-hybridized carbons (Fsp3) is 0.909. The Hall–Kier alpha value is -0.610. The van der Waals surface area contributed by atoms with E-state index in [4.69, 9.17) is 9.47 Å². The maximum absolute atomic E-state index is 11.4. The number of hydrogen-bond acceptors (Lipinski definition) is 4. The van der Waals surface area contributed by atoms with Crippen LogP contribution in [0.2, 0.25) is 0 Å². The summed E-state index contributed by atoms with van der Waals surface area (Å²) < 4.78 is 10.3. The van der Waals surface area contributed by atoms with Crippen LogP contribution < -0.4 is 0 Å². The number of hydrogen-bond donors (Lipinski definition) is 0. The lowest BCUT2D eigenvalue weighted by Gasteiger charge is -2.48. The average molecular weight is 213 g/mol. The zero-order valence-electron chi connectivity index (χ0n) is 9.49. The summed E-state index contributed by atoms with van der Waals surface area (Å²) in [5.74, 6) is -0.105. The van der Waals surface area contributed by atoms with Crippen LogP contribution in [0, 0.1) is 0 Å². The number of carbonyl (C=O) groups excluding carboxylic acids is 1. The lowest BCUT2D eigenvalue weighted by Crippen LogP contribution is -2.60. The molecule has 0 spiro atoms. The Morgan fingerprint density at radius 3 is 2.53 bits per heavy atom. The molecule has 1 aliphatic heterocycles. The van der Waals surface area contributed by atoms with Gasteiger partial charge in [0, 0.05) is 20.2 Å². The van der Waals surface area contributed by atoms with Crippen LogP contribution in [0.1, 0.15) is 25.7 Å². The molecule has 86 valence electrons. The van der Waals surface area contributed by atoms with Crippen LogP contribution >= 0.6 is 0 Å². The molecule has 1 saturated carbocycles. The molecule has 1 unspecified atom stereocenters. The third-order valence-electron chi connectivity index (χ3n) is 3.79. The highest BCUT2D eigenvalue weighted by Crippen LogP contribution is 2.37. The minimum absolute atomic E-state index is 0.0205. The van der Waals surface area contributed by atoms with Gasteiger partial charge in [-0.25, -0.2) is 0 Å².